The van der Waals surface area contributed by atoms with Gasteiger partial charge in [-0.05, 0) is 36.5 Å². The highest BCUT2D eigenvalue weighted by molar-refractivity contribution is 7.62. The van der Waals surface area contributed by atoms with Gasteiger partial charge in [-0.15, -0.1) is 15.8 Å². The van der Waals surface area contributed by atoms with E-state index in [1.165, 1.54) is 12.3 Å². The molecule has 0 aliphatic carbocycles. The summed E-state index contributed by atoms with van der Waals surface area (Å²) in [7, 11) is 0.534. The monoisotopic (exact) mass is 220 g/mol. The van der Waals surface area contributed by atoms with Gasteiger partial charge in [0.1, 0.15) is 0 Å². The maximum absolute atomic E-state index is 2.46. The highest BCUT2D eigenvalue weighted by Crippen LogP contribution is 2.49. The van der Waals surface area contributed by atoms with Crippen molar-refractivity contribution in [2.24, 2.45) is 0 Å². The average molecular weight is 220 g/mol. The fourth-order valence-electron chi connectivity index (χ4n) is 0.901. The second-order valence-corrected chi connectivity index (χ2v) is 11.3. The van der Waals surface area contributed by atoms with Crippen molar-refractivity contribution in [1.82, 2.24) is 0 Å². The molecule has 0 N–H and O–H groups in total. The zero-order chi connectivity index (χ0) is 10.6. The van der Waals surface area contributed by atoms with Crippen LogP contribution in [0.4, 0.5) is 0 Å². The van der Waals surface area contributed by atoms with Gasteiger partial charge in [-0.2, -0.15) is 0 Å². The van der Waals surface area contributed by atoms with Gasteiger partial charge in [0.2, 0.25) is 0 Å². The quantitative estimate of drug-likeness (QED) is 0.615. The molecule has 0 rings (SSSR count). The Morgan fingerprint density at radius 2 is 1.46 bits per heavy atom. The molecule has 0 amide bonds. The lowest BCUT2D eigenvalue weighted by molar-refractivity contribution is 0.784. The molecule has 2 unspecified atom stereocenters. The minimum Gasteiger partial charge on any atom is -0.107 e. The lowest BCUT2D eigenvalue weighted by Crippen LogP contribution is -2.14. The molecule has 0 aromatic carbocycles. The van der Waals surface area contributed by atoms with Gasteiger partial charge in [0.15, 0.2) is 0 Å². The van der Waals surface area contributed by atoms with E-state index in [0.717, 1.165) is 5.66 Å². The Morgan fingerprint density at radius 3 is 1.77 bits per heavy atom. The predicted molar refractivity (Wildman–Crippen MR) is 70.3 cm³/mol. The van der Waals surface area contributed by atoms with E-state index in [-0.39, 0.29) is 7.92 Å². The van der Waals surface area contributed by atoms with Gasteiger partial charge >= 0.3 is 0 Å². The minimum absolute atomic E-state index is 0.237. The summed E-state index contributed by atoms with van der Waals surface area (Å²) in [6, 6.07) is 0. The summed E-state index contributed by atoms with van der Waals surface area (Å²) in [6.07, 6.45) is 2.95. The second-order valence-electron chi connectivity index (χ2n) is 5.17. The first kappa shape index (κ1) is 13.9. The van der Waals surface area contributed by atoms with Crippen molar-refractivity contribution in [3.63, 3.8) is 0 Å². The fraction of sp³-hybridized carbons (Fsp3) is 1.00. The Morgan fingerprint density at radius 1 is 1.00 bits per heavy atom. The van der Waals surface area contributed by atoms with Crippen LogP contribution >= 0.6 is 15.8 Å². The summed E-state index contributed by atoms with van der Waals surface area (Å²) >= 11 is 0. The zero-order valence-corrected chi connectivity index (χ0v) is 12.2. The van der Waals surface area contributed by atoms with Crippen LogP contribution in [0.1, 0.15) is 34.6 Å². The molecule has 0 aromatic rings. The molecule has 0 saturated heterocycles. The van der Waals surface area contributed by atoms with E-state index in [1.807, 2.05) is 0 Å². The Hall–Kier alpha value is 0.860. The predicted octanol–water partition coefficient (Wildman–Crippen LogP) is 4.42. The number of rotatable bonds is 4. The summed E-state index contributed by atoms with van der Waals surface area (Å²) in [4.78, 5) is 0. The maximum atomic E-state index is 2.46. The van der Waals surface area contributed by atoms with Crippen LogP contribution in [0, 0.1) is 0 Å². The van der Waals surface area contributed by atoms with E-state index in [0.29, 0.717) is 13.1 Å². The molecular formula is C11H26P2. The molecule has 0 spiro atoms. The van der Waals surface area contributed by atoms with Gasteiger partial charge in [-0.1, -0.05) is 34.6 Å². The summed E-state index contributed by atoms with van der Waals surface area (Å²) in [5.41, 5.74) is 0.915. The van der Waals surface area contributed by atoms with Crippen LogP contribution in [0.3, 0.4) is 0 Å². The molecule has 0 saturated carbocycles. The van der Waals surface area contributed by atoms with E-state index >= 15 is 0 Å². The Balaban J connectivity index is 3.77. The van der Waals surface area contributed by atoms with Gasteiger partial charge in [0.25, 0.3) is 0 Å². The van der Waals surface area contributed by atoms with Crippen molar-refractivity contribution in [3.8, 4) is 0 Å². The average Bonchev–Trinajstić information content (AvgIpc) is 1.97. The van der Waals surface area contributed by atoms with E-state index in [4.69, 9.17) is 0 Å². The largest absolute Gasteiger partial charge is 0.107 e. The third-order valence-electron chi connectivity index (χ3n) is 2.81. The highest BCUT2D eigenvalue weighted by atomic mass is 31.1. The van der Waals surface area contributed by atoms with Gasteiger partial charge in [0.05, 0.1) is 0 Å². The molecule has 13 heavy (non-hydrogen) atoms. The van der Waals surface area contributed by atoms with Gasteiger partial charge in [-0.25, -0.2) is 0 Å². The summed E-state index contributed by atoms with van der Waals surface area (Å²) in [5.74, 6) is 0. The van der Waals surface area contributed by atoms with E-state index in [1.54, 1.807) is 0 Å². The molecule has 2 heteroatoms. The van der Waals surface area contributed by atoms with Crippen molar-refractivity contribution in [1.29, 1.82) is 0 Å². The Bertz CT molecular complexity index is 136. The molecule has 0 heterocycles. The van der Waals surface area contributed by atoms with E-state index < -0.39 is 0 Å². The van der Waals surface area contributed by atoms with Crippen molar-refractivity contribution in [2.75, 3.05) is 25.7 Å². The molecular weight excluding hydrogens is 194 g/mol. The number of hydrogen-bond donors (Lipinski definition) is 0. The van der Waals surface area contributed by atoms with Crippen LogP contribution in [0.5, 0.6) is 0 Å². The van der Waals surface area contributed by atoms with Crippen LogP contribution in [0.2, 0.25) is 0 Å². The summed E-state index contributed by atoms with van der Waals surface area (Å²) in [5, 5.41) is 0.558. The fourth-order valence-corrected chi connectivity index (χ4v) is 4.55. The lowest BCUT2D eigenvalue weighted by Gasteiger charge is -2.29. The topological polar surface area (TPSA) is 0 Å². The lowest BCUT2D eigenvalue weighted by atomic mass is 10.3. The van der Waals surface area contributed by atoms with Gasteiger partial charge in [0, 0.05) is 0 Å². The highest BCUT2D eigenvalue weighted by Gasteiger charge is 2.19. The van der Waals surface area contributed by atoms with Crippen LogP contribution in [-0.4, -0.2) is 36.5 Å². The third-order valence-corrected chi connectivity index (χ3v) is 9.04. The smallest absolute Gasteiger partial charge is 0.0182 e. The zero-order valence-electron chi connectivity index (χ0n) is 10.4. The van der Waals surface area contributed by atoms with Gasteiger partial charge in [-0.3, -0.25) is 0 Å². The third kappa shape index (κ3) is 6.03. The van der Waals surface area contributed by atoms with E-state index in [2.05, 4.69) is 47.9 Å². The molecule has 2 atom stereocenters. The molecule has 0 aromatic heterocycles. The molecule has 0 aliphatic heterocycles. The normalized spacial score (nSPS) is 17.5. The summed E-state index contributed by atoms with van der Waals surface area (Å²) < 4.78 is 0. The standard InChI is InChI=1S/C11H26P2/c1-10(2)12(6)8-9-13(7)11(3,4)5/h10H,8-9H2,1-7H3. The molecule has 0 bridgehead atoms. The SMILES string of the molecule is CC(C)P(C)CCP(C)C(C)(C)C. The Kier molecular flexibility index (Phi) is 6.05. The minimum atomic E-state index is 0.237. The van der Waals surface area contributed by atoms with Crippen molar-refractivity contribution < 1.29 is 0 Å². The van der Waals surface area contributed by atoms with E-state index in [9.17, 15) is 0 Å². The molecule has 0 aliphatic rings. The molecule has 0 radical (unpaired) electrons. The van der Waals surface area contributed by atoms with Crippen LogP contribution in [0.15, 0.2) is 0 Å². The van der Waals surface area contributed by atoms with Crippen LogP contribution in [-0.2, 0) is 0 Å². The second kappa shape index (κ2) is 5.67. The first-order valence-corrected chi connectivity index (χ1v) is 9.18. The summed E-state index contributed by atoms with van der Waals surface area (Å²) in [6.45, 7) is 16.8. The Labute approximate surface area is 87.4 Å². The molecule has 0 nitrogen and oxygen atoms in total. The van der Waals surface area contributed by atoms with Crippen molar-refractivity contribution >= 4 is 15.8 Å². The van der Waals surface area contributed by atoms with Crippen molar-refractivity contribution in [2.45, 2.75) is 45.4 Å². The maximum Gasteiger partial charge on any atom is -0.0182 e. The molecule has 0 fully saturated rings. The van der Waals surface area contributed by atoms with Crippen molar-refractivity contribution in [3.05, 3.63) is 0 Å². The first-order chi connectivity index (χ1) is 5.75. The number of hydrogen-bond acceptors (Lipinski definition) is 0. The van der Waals surface area contributed by atoms with Crippen LogP contribution in [0.25, 0.3) is 0 Å². The van der Waals surface area contributed by atoms with Crippen LogP contribution < -0.4 is 0 Å². The van der Waals surface area contributed by atoms with Gasteiger partial charge < -0.3 is 0 Å². The first-order valence-electron chi connectivity index (χ1n) is 5.16. The molecule has 80 valence electrons.